The highest BCUT2D eigenvalue weighted by Crippen LogP contribution is 2.53. The van der Waals surface area contributed by atoms with Gasteiger partial charge >= 0.3 is 0 Å². The summed E-state index contributed by atoms with van der Waals surface area (Å²) in [7, 11) is -3.72. The molecule has 0 unspecified atom stereocenters. The number of carbonyl (C=O) groups is 1. The first kappa shape index (κ1) is 18.9. The molecule has 4 rings (SSSR count). The Bertz CT molecular complexity index is 1060. The van der Waals surface area contributed by atoms with Gasteiger partial charge in [0.05, 0.1) is 16.9 Å². The van der Waals surface area contributed by atoms with Gasteiger partial charge in [0.15, 0.2) is 11.4 Å². The molecule has 6 heteroatoms. The number of ketones is 1. The number of rotatable bonds is 4. The van der Waals surface area contributed by atoms with Crippen molar-refractivity contribution in [3.63, 3.8) is 0 Å². The lowest BCUT2D eigenvalue weighted by molar-refractivity contribution is -0.137. The molecule has 0 saturated carbocycles. The van der Waals surface area contributed by atoms with Gasteiger partial charge in [-0.3, -0.25) is 4.79 Å². The highest BCUT2D eigenvalue weighted by molar-refractivity contribution is 7.89. The Hall–Kier alpha value is -2.44. The average molecular weight is 397 g/mol. The number of benzene rings is 2. The minimum absolute atomic E-state index is 0.00186. The first-order valence-corrected chi connectivity index (χ1v) is 10.7. The van der Waals surface area contributed by atoms with Crippen molar-refractivity contribution in [2.75, 3.05) is 13.1 Å². The van der Waals surface area contributed by atoms with E-state index in [1.54, 1.807) is 24.3 Å². The Kier molecular flexibility index (Phi) is 4.25. The second-order valence-corrected chi connectivity index (χ2v) is 9.80. The van der Waals surface area contributed by atoms with Gasteiger partial charge in [0.1, 0.15) is 5.76 Å². The lowest BCUT2D eigenvalue weighted by Crippen LogP contribution is -2.49. The van der Waals surface area contributed by atoms with E-state index in [1.807, 2.05) is 50.3 Å². The standard InChI is InChI=1S/C22H23NO4S/c1-16-9-11-19(12-10-16)28(25,26)23-14-21(3)13-20(18-7-5-4-6-8-18)27-22(21,15-23)17(2)24/h4-13H,14-15H2,1-3H3/t21-,22-/m0/s1. The van der Waals surface area contributed by atoms with Crippen LogP contribution in [0.3, 0.4) is 0 Å². The third-order valence-corrected chi connectivity index (χ3v) is 7.65. The predicted molar refractivity (Wildman–Crippen MR) is 107 cm³/mol. The number of carbonyl (C=O) groups excluding carboxylic acids is 1. The molecule has 5 nitrogen and oxygen atoms in total. The quantitative estimate of drug-likeness (QED) is 0.793. The SMILES string of the molecule is CC(=O)[C@@]12CN(S(=O)(=O)c3ccc(C)cc3)C[C@]1(C)C=C(c1ccccc1)O2. The van der Waals surface area contributed by atoms with Gasteiger partial charge in [-0.25, -0.2) is 8.42 Å². The summed E-state index contributed by atoms with van der Waals surface area (Å²) in [6.07, 6.45) is 1.91. The van der Waals surface area contributed by atoms with Gasteiger partial charge in [0.2, 0.25) is 10.0 Å². The van der Waals surface area contributed by atoms with Gasteiger partial charge < -0.3 is 4.74 Å². The van der Waals surface area contributed by atoms with E-state index in [0.717, 1.165) is 11.1 Å². The number of sulfonamides is 1. The number of aryl methyl sites for hydroxylation is 1. The van der Waals surface area contributed by atoms with Crippen molar-refractivity contribution in [2.24, 2.45) is 5.41 Å². The first-order valence-electron chi connectivity index (χ1n) is 9.23. The van der Waals surface area contributed by atoms with Crippen LogP contribution < -0.4 is 0 Å². The molecule has 0 bridgehead atoms. The Morgan fingerprint density at radius 3 is 2.25 bits per heavy atom. The summed E-state index contributed by atoms with van der Waals surface area (Å²) >= 11 is 0. The zero-order valence-corrected chi connectivity index (χ0v) is 17.0. The van der Waals surface area contributed by atoms with Crippen LogP contribution in [0.4, 0.5) is 0 Å². The van der Waals surface area contributed by atoms with Crippen LogP contribution in [0.2, 0.25) is 0 Å². The van der Waals surface area contributed by atoms with Crippen molar-refractivity contribution in [1.82, 2.24) is 4.31 Å². The molecule has 0 aromatic heterocycles. The van der Waals surface area contributed by atoms with E-state index in [4.69, 9.17) is 4.74 Å². The summed E-state index contributed by atoms with van der Waals surface area (Å²) in [6.45, 7) is 5.48. The second kappa shape index (κ2) is 6.29. The van der Waals surface area contributed by atoms with Crippen molar-refractivity contribution in [2.45, 2.75) is 31.3 Å². The van der Waals surface area contributed by atoms with Crippen molar-refractivity contribution in [3.8, 4) is 0 Å². The van der Waals surface area contributed by atoms with Gasteiger partial charge in [0.25, 0.3) is 0 Å². The Morgan fingerprint density at radius 1 is 1.04 bits per heavy atom. The zero-order valence-electron chi connectivity index (χ0n) is 16.2. The fourth-order valence-corrected chi connectivity index (χ4v) is 5.72. The molecule has 0 spiro atoms. The molecule has 1 fully saturated rings. The van der Waals surface area contributed by atoms with E-state index in [-0.39, 0.29) is 23.8 Å². The van der Waals surface area contributed by atoms with E-state index in [1.165, 1.54) is 11.2 Å². The van der Waals surface area contributed by atoms with Crippen LogP contribution in [-0.4, -0.2) is 37.2 Å². The molecule has 2 heterocycles. The minimum Gasteiger partial charge on any atom is -0.477 e. The Morgan fingerprint density at radius 2 is 1.68 bits per heavy atom. The highest BCUT2D eigenvalue weighted by Gasteiger charge is 2.65. The molecule has 2 aliphatic heterocycles. The topological polar surface area (TPSA) is 63.7 Å². The number of ether oxygens (including phenoxy) is 1. The maximum atomic E-state index is 13.2. The predicted octanol–water partition coefficient (Wildman–Crippen LogP) is 3.40. The number of nitrogens with zero attached hydrogens (tertiary/aromatic N) is 1. The molecule has 0 radical (unpaired) electrons. The maximum Gasteiger partial charge on any atom is 0.243 e. The van der Waals surface area contributed by atoms with Crippen molar-refractivity contribution in [3.05, 3.63) is 71.8 Å². The maximum absolute atomic E-state index is 13.2. The smallest absolute Gasteiger partial charge is 0.243 e. The van der Waals surface area contributed by atoms with Crippen LogP contribution in [0.5, 0.6) is 0 Å². The largest absolute Gasteiger partial charge is 0.477 e. The van der Waals surface area contributed by atoms with Crippen LogP contribution >= 0.6 is 0 Å². The molecule has 0 N–H and O–H groups in total. The van der Waals surface area contributed by atoms with Crippen LogP contribution in [0.15, 0.2) is 65.6 Å². The molecule has 0 aliphatic carbocycles. The molecular weight excluding hydrogens is 374 g/mol. The highest BCUT2D eigenvalue weighted by atomic mass is 32.2. The fourth-order valence-electron chi connectivity index (χ4n) is 4.16. The molecule has 2 aromatic rings. The molecule has 146 valence electrons. The monoisotopic (exact) mass is 397 g/mol. The number of Topliss-reactive ketones (excluding diaryl/α,β-unsaturated/α-hetero) is 1. The number of hydrogen-bond acceptors (Lipinski definition) is 4. The van der Waals surface area contributed by atoms with Gasteiger partial charge in [0, 0.05) is 12.1 Å². The summed E-state index contributed by atoms with van der Waals surface area (Å²) in [6, 6.07) is 16.3. The molecule has 1 saturated heterocycles. The van der Waals surface area contributed by atoms with E-state index >= 15 is 0 Å². The van der Waals surface area contributed by atoms with E-state index in [0.29, 0.717) is 5.76 Å². The average Bonchev–Trinajstić information content (AvgIpc) is 3.12. The van der Waals surface area contributed by atoms with Crippen LogP contribution in [0.1, 0.15) is 25.0 Å². The molecule has 2 atom stereocenters. The summed E-state index contributed by atoms with van der Waals surface area (Å²) in [5.74, 6) is 0.462. The van der Waals surface area contributed by atoms with E-state index in [2.05, 4.69) is 0 Å². The normalized spacial score (nSPS) is 27.2. The van der Waals surface area contributed by atoms with Crippen molar-refractivity contribution in [1.29, 1.82) is 0 Å². The van der Waals surface area contributed by atoms with Gasteiger partial charge in [-0.05, 0) is 32.1 Å². The Balaban J connectivity index is 1.73. The van der Waals surface area contributed by atoms with Crippen LogP contribution in [0.25, 0.3) is 5.76 Å². The fraction of sp³-hybridized carbons (Fsp3) is 0.318. The van der Waals surface area contributed by atoms with Crippen LogP contribution in [-0.2, 0) is 19.6 Å². The van der Waals surface area contributed by atoms with E-state index < -0.39 is 21.0 Å². The molecule has 0 amide bonds. The summed E-state index contributed by atoms with van der Waals surface area (Å²) in [5.41, 5.74) is -0.0765. The third-order valence-electron chi connectivity index (χ3n) is 5.85. The molecule has 28 heavy (non-hydrogen) atoms. The Labute approximate surface area is 165 Å². The second-order valence-electron chi connectivity index (χ2n) is 7.86. The van der Waals surface area contributed by atoms with Gasteiger partial charge in [-0.15, -0.1) is 0 Å². The van der Waals surface area contributed by atoms with Crippen molar-refractivity contribution >= 4 is 21.6 Å². The zero-order chi connectivity index (χ0) is 20.2. The lowest BCUT2D eigenvalue weighted by Gasteiger charge is -2.32. The number of fused-ring (bicyclic) bond motifs is 1. The summed E-state index contributed by atoms with van der Waals surface area (Å²) in [4.78, 5) is 12.9. The van der Waals surface area contributed by atoms with Crippen LogP contribution in [0, 0.1) is 12.3 Å². The molecular formula is C22H23NO4S. The van der Waals surface area contributed by atoms with E-state index in [9.17, 15) is 13.2 Å². The molecule has 2 aromatic carbocycles. The molecule has 2 aliphatic rings. The summed E-state index contributed by atoms with van der Waals surface area (Å²) in [5, 5.41) is 0. The lowest BCUT2D eigenvalue weighted by atomic mass is 9.75. The van der Waals surface area contributed by atoms with Gasteiger partial charge in [-0.1, -0.05) is 55.0 Å². The summed E-state index contributed by atoms with van der Waals surface area (Å²) < 4.78 is 33.9. The first-order chi connectivity index (χ1) is 13.2. The third kappa shape index (κ3) is 2.71. The van der Waals surface area contributed by atoms with Gasteiger partial charge in [-0.2, -0.15) is 4.31 Å². The number of hydrogen-bond donors (Lipinski definition) is 0. The minimum atomic E-state index is -3.72. The van der Waals surface area contributed by atoms with Crippen molar-refractivity contribution < 1.29 is 17.9 Å².